The molecule has 0 saturated carbocycles. The summed E-state index contributed by atoms with van der Waals surface area (Å²) < 4.78 is 32.2. The Kier molecular flexibility index (Phi) is 6.71. The van der Waals surface area contributed by atoms with Gasteiger partial charge >= 0.3 is 0 Å². The summed E-state index contributed by atoms with van der Waals surface area (Å²) in [6, 6.07) is 15.4. The third kappa shape index (κ3) is 5.76. The third-order valence-electron chi connectivity index (χ3n) is 4.33. The van der Waals surface area contributed by atoms with Crippen molar-refractivity contribution in [3.8, 4) is 5.75 Å². The lowest BCUT2D eigenvalue weighted by molar-refractivity contribution is 0.415. The van der Waals surface area contributed by atoms with E-state index in [1.165, 1.54) is 36.4 Å². The molecule has 0 aliphatic rings. The molecule has 0 aliphatic heterocycles. The third-order valence-corrected chi connectivity index (χ3v) is 4.91. The van der Waals surface area contributed by atoms with Crippen molar-refractivity contribution in [2.75, 3.05) is 23.1 Å². The van der Waals surface area contributed by atoms with Crippen LogP contribution in [0.2, 0.25) is 10.0 Å². The molecule has 0 radical (unpaired) electrons. The smallest absolute Gasteiger partial charge is 0.233 e. The number of nitrogens with one attached hydrogen (secondary N) is 3. The van der Waals surface area contributed by atoms with Crippen LogP contribution in [0.1, 0.15) is 0 Å². The predicted molar refractivity (Wildman–Crippen MR) is 125 cm³/mol. The molecule has 3 aromatic carbocycles. The van der Waals surface area contributed by atoms with Gasteiger partial charge in [0.15, 0.2) is 0 Å². The van der Waals surface area contributed by atoms with Gasteiger partial charge in [-0.1, -0.05) is 23.2 Å². The molecule has 1 aromatic heterocycles. The van der Waals surface area contributed by atoms with Gasteiger partial charge in [-0.3, -0.25) is 0 Å². The van der Waals surface area contributed by atoms with Gasteiger partial charge in [0.25, 0.3) is 0 Å². The number of anilines is 6. The van der Waals surface area contributed by atoms with E-state index in [-0.39, 0.29) is 27.9 Å². The number of ether oxygens (including phenoxy) is 1. The minimum atomic E-state index is -0.546. The molecule has 0 amide bonds. The second-order valence-electron chi connectivity index (χ2n) is 6.67. The monoisotopic (exact) mass is 488 g/mol. The highest BCUT2D eigenvalue weighted by atomic mass is 35.5. The molecule has 0 bridgehead atoms. The molecule has 33 heavy (non-hydrogen) atoms. The van der Waals surface area contributed by atoms with Crippen LogP contribution < -0.4 is 20.7 Å². The number of hydrogen-bond acceptors (Lipinski definition) is 7. The molecule has 1 heterocycles. The number of nitrogens with zero attached hydrogens (tertiary/aromatic N) is 3. The van der Waals surface area contributed by atoms with Crippen LogP contribution in [0.25, 0.3) is 0 Å². The fraction of sp³-hybridized carbons (Fsp3) is 0.0455. The average molecular weight is 489 g/mol. The van der Waals surface area contributed by atoms with Gasteiger partial charge in [0.1, 0.15) is 17.4 Å². The summed E-state index contributed by atoms with van der Waals surface area (Å²) in [5.41, 5.74) is 1.64. The van der Waals surface area contributed by atoms with Gasteiger partial charge in [-0.15, -0.1) is 0 Å². The zero-order chi connectivity index (χ0) is 23.4. The molecule has 11 heteroatoms. The van der Waals surface area contributed by atoms with Gasteiger partial charge in [-0.05, 0) is 60.7 Å². The first-order valence-corrected chi connectivity index (χ1v) is 10.3. The number of benzene rings is 3. The summed E-state index contributed by atoms with van der Waals surface area (Å²) in [6.45, 7) is 0. The lowest BCUT2D eigenvalue weighted by atomic mass is 10.3. The number of methoxy groups -OCH3 is 1. The summed E-state index contributed by atoms with van der Waals surface area (Å²) >= 11 is 11.7. The van der Waals surface area contributed by atoms with Crippen molar-refractivity contribution in [3.63, 3.8) is 0 Å². The lowest BCUT2D eigenvalue weighted by Gasteiger charge is -2.12. The van der Waals surface area contributed by atoms with Crippen LogP contribution >= 0.6 is 23.2 Å². The normalized spacial score (nSPS) is 10.6. The maximum Gasteiger partial charge on any atom is 0.233 e. The molecule has 0 aliphatic carbocycles. The van der Waals surface area contributed by atoms with Crippen LogP contribution in [0.5, 0.6) is 5.75 Å². The summed E-state index contributed by atoms with van der Waals surface area (Å²) in [4.78, 5) is 13.0. The summed E-state index contributed by atoms with van der Waals surface area (Å²) in [5.74, 6) is 0.119. The second-order valence-corrected chi connectivity index (χ2v) is 7.48. The molecule has 4 rings (SSSR count). The van der Waals surface area contributed by atoms with Gasteiger partial charge in [0.2, 0.25) is 17.8 Å². The largest absolute Gasteiger partial charge is 0.497 e. The minimum absolute atomic E-state index is 0.0510. The van der Waals surface area contributed by atoms with Crippen molar-refractivity contribution in [1.29, 1.82) is 0 Å². The molecular weight excluding hydrogens is 473 g/mol. The maximum atomic E-state index is 13.5. The fourth-order valence-electron chi connectivity index (χ4n) is 2.75. The van der Waals surface area contributed by atoms with Crippen LogP contribution in [0.15, 0.2) is 60.7 Å². The minimum Gasteiger partial charge on any atom is -0.497 e. The van der Waals surface area contributed by atoms with Gasteiger partial charge in [0, 0.05) is 17.1 Å². The lowest BCUT2D eigenvalue weighted by Crippen LogP contribution is -2.07. The van der Waals surface area contributed by atoms with E-state index >= 15 is 0 Å². The van der Waals surface area contributed by atoms with Gasteiger partial charge in [-0.25, -0.2) is 8.78 Å². The van der Waals surface area contributed by atoms with E-state index in [1.54, 1.807) is 31.4 Å². The molecule has 0 saturated heterocycles. The van der Waals surface area contributed by atoms with E-state index in [9.17, 15) is 8.78 Å². The molecule has 0 atom stereocenters. The van der Waals surface area contributed by atoms with Gasteiger partial charge in [-0.2, -0.15) is 15.0 Å². The Balaban J connectivity index is 1.65. The van der Waals surface area contributed by atoms with E-state index in [2.05, 4.69) is 30.9 Å². The highest BCUT2D eigenvalue weighted by Crippen LogP contribution is 2.26. The van der Waals surface area contributed by atoms with E-state index in [0.717, 1.165) is 0 Å². The highest BCUT2D eigenvalue weighted by Gasteiger charge is 2.11. The zero-order valence-electron chi connectivity index (χ0n) is 17.0. The van der Waals surface area contributed by atoms with Crippen LogP contribution in [0.3, 0.4) is 0 Å². The van der Waals surface area contributed by atoms with Crippen LogP contribution in [0.4, 0.5) is 43.7 Å². The Labute approximate surface area is 197 Å². The molecule has 4 aromatic rings. The van der Waals surface area contributed by atoms with E-state index in [4.69, 9.17) is 27.9 Å². The molecule has 3 N–H and O–H groups in total. The molecule has 0 fully saturated rings. The van der Waals surface area contributed by atoms with Crippen molar-refractivity contribution < 1.29 is 13.5 Å². The highest BCUT2D eigenvalue weighted by molar-refractivity contribution is 6.31. The van der Waals surface area contributed by atoms with Gasteiger partial charge < -0.3 is 20.7 Å². The molecule has 0 unspecified atom stereocenters. The van der Waals surface area contributed by atoms with Crippen molar-refractivity contribution >= 4 is 58.1 Å². The average Bonchev–Trinajstić information content (AvgIpc) is 2.79. The SMILES string of the molecule is COc1ccc(Nc2nc(Nc3ccc(F)c(Cl)c3)nc(Nc3ccc(F)c(Cl)c3)n2)cc1. The Morgan fingerprint density at radius 1 is 0.636 bits per heavy atom. The first-order chi connectivity index (χ1) is 15.9. The summed E-state index contributed by atoms with van der Waals surface area (Å²) in [5, 5.41) is 8.90. The first kappa shape index (κ1) is 22.5. The van der Waals surface area contributed by atoms with E-state index in [0.29, 0.717) is 22.8 Å². The summed E-state index contributed by atoms with van der Waals surface area (Å²) in [7, 11) is 1.58. The van der Waals surface area contributed by atoms with Crippen LogP contribution in [-0.4, -0.2) is 22.1 Å². The van der Waals surface area contributed by atoms with Crippen LogP contribution in [0, 0.1) is 11.6 Å². The Hall–Kier alpha value is -3.69. The van der Waals surface area contributed by atoms with E-state index in [1.807, 2.05) is 0 Å². The quantitative estimate of drug-likeness (QED) is 0.267. The number of aromatic nitrogens is 3. The fourth-order valence-corrected chi connectivity index (χ4v) is 3.11. The van der Waals surface area contributed by atoms with Crippen molar-refractivity contribution in [3.05, 3.63) is 82.3 Å². The van der Waals surface area contributed by atoms with E-state index < -0.39 is 11.6 Å². The first-order valence-electron chi connectivity index (χ1n) is 9.51. The maximum absolute atomic E-state index is 13.5. The zero-order valence-corrected chi connectivity index (χ0v) is 18.5. The van der Waals surface area contributed by atoms with Crippen molar-refractivity contribution in [2.24, 2.45) is 0 Å². The Morgan fingerprint density at radius 2 is 1.03 bits per heavy atom. The molecule has 168 valence electrons. The predicted octanol–water partition coefficient (Wildman–Crippen LogP) is 6.70. The molecule has 0 spiro atoms. The van der Waals surface area contributed by atoms with Crippen molar-refractivity contribution in [1.82, 2.24) is 15.0 Å². The van der Waals surface area contributed by atoms with Crippen LogP contribution in [-0.2, 0) is 0 Å². The van der Waals surface area contributed by atoms with Crippen molar-refractivity contribution in [2.45, 2.75) is 0 Å². The molecule has 7 nitrogen and oxygen atoms in total. The number of hydrogen-bond donors (Lipinski definition) is 3. The standard InChI is InChI=1S/C22H16Cl2F2N6O/c1-33-15-6-2-12(3-7-15)27-20-30-21(28-13-4-8-18(25)16(23)10-13)32-22(31-20)29-14-5-9-19(26)17(24)11-14/h2-11H,1H3,(H3,27,28,29,30,31,32). The molecular formula is C22H16Cl2F2N6O. The Morgan fingerprint density at radius 3 is 1.42 bits per heavy atom. The summed E-state index contributed by atoms with van der Waals surface area (Å²) in [6.07, 6.45) is 0. The Bertz CT molecular complexity index is 1220. The second kappa shape index (κ2) is 9.85. The van der Waals surface area contributed by atoms with Gasteiger partial charge in [0.05, 0.1) is 17.2 Å². The number of rotatable bonds is 7. The number of halogens is 4. The topological polar surface area (TPSA) is 84.0 Å².